The van der Waals surface area contributed by atoms with Crippen LogP contribution >= 0.6 is 11.6 Å². The van der Waals surface area contributed by atoms with E-state index in [2.05, 4.69) is 15.1 Å². The lowest BCUT2D eigenvalue weighted by molar-refractivity contribution is 0.0729. The molecule has 4 rings (SSSR count). The van der Waals surface area contributed by atoms with E-state index in [-0.39, 0.29) is 18.2 Å². The van der Waals surface area contributed by atoms with E-state index in [1.165, 1.54) is 6.42 Å². The van der Waals surface area contributed by atoms with Crippen molar-refractivity contribution in [2.75, 3.05) is 11.4 Å². The first-order valence-corrected chi connectivity index (χ1v) is 11.0. The highest BCUT2D eigenvalue weighted by atomic mass is 35.5. The molecule has 0 aromatic heterocycles. The molecule has 0 saturated heterocycles. The molecule has 1 N–H and O–H groups in total. The van der Waals surface area contributed by atoms with E-state index in [4.69, 9.17) is 22.9 Å². The average molecular weight is 424 g/mol. The number of benzene rings is 2. The number of hydrogen-bond acceptors (Lipinski definition) is 3. The summed E-state index contributed by atoms with van der Waals surface area (Å²) < 4.78 is 5.66. The lowest BCUT2D eigenvalue weighted by Crippen LogP contribution is -2.48. The first kappa shape index (κ1) is 20.6. The summed E-state index contributed by atoms with van der Waals surface area (Å²) in [6.07, 6.45) is 5.77. The van der Waals surface area contributed by atoms with Gasteiger partial charge in [-0.1, -0.05) is 42.3 Å². The zero-order valence-electron chi connectivity index (χ0n) is 16.9. The minimum Gasteiger partial charge on any atom is -0.446 e. The average Bonchev–Trinajstić information content (AvgIpc) is 2.74. The quantitative estimate of drug-likeness (QED) is 0.624. The molecule has 2 aromatic carbocycles. The number of carbonyl (C=O) groups is 1. The van der Waals surface area contributed by atoms with Gasteiger partial charge in [0.05, 0.1) is 12.6 Å². The number of amides is 1. The fraction of sp³-hybridized carbons (Fsp3) is 0.417. The molecule has 0 spiro atoms. The van der Waals surface area contributed by atoms with E-state index < -0.39 is 0 Å². The normalized spacial score (nSPS) is 18.9. The number of nitrogens with one attached hydrogen (secondary N) is 1. The number of hydrogen-bond donors (Lipinski definition) is 1. The first-order valence-electron chi connectivity index (χ1n) is 10.6. The monoisotopic (exact) mass is 423 g/mol. The Kier molecular flexibility index (Phi) is 6.44. The molecule has 6 heteroatoms. The van der Waals surface area contributed by atoms with Crippen LogP contribution in [-0.4, -0.2) is 24.8 Å². The predicted molar refractivity (Wildman–Crippen MR) is 119 cm³/mol. The van der Waals surface area contributed by atoms with Crippen LogP contribution in [0.2, 0.25) is 5.02 Å². The van der Waals surface area contributed by atoms with Crippen molar-refractivity contribution in [3.8, 4) is 0 Å². The topological polar surface area (TPSA) is 45.9 Å². The summed E-state index contributed by atoms with van der Waals surface area (Å²) in [5.74, 6) is 0. The SMILES string of the molecule is [C-]#[N+]c1ccc2c(c1)CC(NC(=O)OC1CCCCC1)CN2Cc1cccc(Cl)c1. The van der Waals surface area contributed by atoms with Crippen LogP contribution in [0.15, 0.2) is 42.5 Å². The number of carbonyl (C=O) groups excluding carboxylic acids is 1. The molecule has 1 aliphatic heterocycles. The Morgan fingerprint density at radius 1 is 1.20 bits per heavy atom. The number of anilines is 1. The lowest BCUT2D eigenvalue weighted by atomic mass is 9.96. The Labute approximate surface area is 182 Å². The molecule has 1 atom stereocenters. The number of halogens is 1. The van der Waals surface area contributed by atoms with Gasteiger partial charge in [-0.05, 0) is 61.4 Å². The van der Waals surface area contributed by atoms with Gasteiger partial charge in [-0.15, -0.1) is 0 Å². The van der Waals surface area contributed by atoms with Crippen LogP contribution in [0.4, 0.5) is 16.2 Å². The maximum absolute atomic E-state index is 12.5. The van der Waals surface area contributed by atoms with Crippen molar-refractivity contribution >= 4 is 29.1 Å². The Bertz CT molecular complexity index is 950. The number of fused-ring (bicyclic) bond motifs is 1. The molecule has 1 fully saturated rings. The van der Waals surface area contributed by atoms with Crippen LogP contribution in [0.3, 0.4) is 0 Å². The van der Waals surface area contributed by atoms with Gasteiger partial charge in [-0.3, -0.25) is 0 Å². The zero-order valence-corrected chi connectivity index (χ0v) is 17.7. The second-order valence-corrected chi connectivity index (χ2v) is 8.58. The highest BCUT2D eigenvalue weighted by Gasteiger charge is 2.27. The summed E-state index contributed by atoms with van der Waals surface area (Å²) in [6, 6.07) is 13.5. The number of rotatable bonds is 4. The third-order valence-electron chi connectivity index (χ3n) is 5.85. The van der Waals surface area contributed by atoms with Gasteiger partial charge < -0.3 is 15.0 Å². The highest BCUT2D eigenvalue weighted by Crippen LogP contribution is 2.32. The molecule has 1 aliphatic carbocycles. The molecule has 2 aliphatic rings. The van der Waals surface area contributed by atoms with Crippen LogP contribution in [0.5, 0.6) is 0 Å². The standard InChI is InChI=1S/C24H26ClN3O2/c1-26-20-10-11-23-18(13-20)14-21(27-24(29)30-22-8-3-2-4-9-22)16-28(23)15-17-6-5-7-19(25)12-17/h5-7,10-13,21-22H,2-4,8-9,14-16H2,(H,27,29). The van der Waals surface area contributed by atoms with E-state index >= 15 is 0 Å². The Hall–Kier alpha value is -2.71. The van der Waals surface area contributed by atoms with Crippen molar-refractivity contribution in [2.24, 2.45) is 0 Å². The molecule has 5 nitrogen and oxygen atoms in total. The van der Waals surface area contributed by atoms with Crippen molar-refractivity contribution in [1.29, 1.82) is 0 Å². The highest BCUT2D eigenvalue weighted by molar-refractivity contribution is 6.30. The van der Waals surface area contributed by atoms with Gasteiger partial charge in [-0.25, -0.2) is 9.64 Å². The minimum atomic E-state index is -0.334. The molecule has 156 valence electrons. The Morgan fingerprint density at radius 2 is 2.03 bits per heavy atom. The molecule has 1 unspecified atom stereocenters. The molecule has 1 saturated carbocycles. The second kappa shape index (κ2) is 9.40. The minimum absolute atomic E-state index is 0.0332. The van der Waals surface area contributed by atoms with Gasteiger partial charge in [0.15, 0.2) is 5.69 Å². The van der Waals surface area contributed by atoms with E-state index in [1.54, 1.807) is 0 Å². The molecule has 0 radical (unpaired) electrons. The summed E-state index contributed by atoms with van der Waals surface area (Å²) in [5, 5.41) is 3.77. The Balaban J connectivity index is 1.50. The van der Waals surface area contributed by atoms with Crippen molar-refractivity contribution < 1.29 is 9.53 Å². The molecule has 0 bridgehead atoms. The number of ether oxygens (including phenoxy) is 1. The van der Waals surface area contributed by atoms with Crippen molar-refractivity contribution in [3.63, 3.8) is 0 Å². The fourth-order valence-electron chi connectivity index (χ4n) is 4.44. The van der Waals surface area contributed by atoms with Gasteiger partial charge in [0.25, 0.3) is 0 Å². The second-order valence-electron chi connectivity index (χ2n) is 8.15. The lowest BCUT2D eigenvalue weighted by Gasteiger charge is -2.37. The van der Waals surface area contributed by atoms with Crippen LogP contribution < -0.4 is 10.2 Å². The summed E-state index contributed by atoms with van der Waals surface area (Å²) in [6.45, 7) is 8.69. The van der Waals surface area contributed by atoms with Crippen molar-refractivity contribution in [2.45, 2.75) is 57.2 Å². The van der Waals surface area contributed by atoms with Gasteiger partial charge >= 0.3 is 6.09 Å². The van der Waals surface area contributed by atoms with Crippen LogP contribution in [0.1, 0.15) is 43.2 Å². The third kappa shape index (κ3) is 5.06. The van der Waals surface area contributed by atoms with Crippen LogP contribution in [0, 0.1) is 6.57 Å². The smallest absolute Gasteiger partial charge is 0.407 e. The number of nitrogens with zero attached hydrogens (tertiary/aromatic N) is 2. The van der Waals surface area contributed by atoms with E-state index in [9.17, 15) is 4.79 Å². The summed E-state index contributed by atoms with van der Waals surface area (Å²) in [7, 11) is 0. The van der Waals surface area contributed by atoms with Gasteiger partial charge in [-0.2, -0.15) is 0 Å². The molecule has 30 heavy (non-hydrogen) atoms. The van der Waals surface area contributed by atoms with E-state index in [1.807, 2.05) is 42.5 Å². The number of alkyl carbamates (subject to hydrolysis) is 1. The van der Waals surface area contributed by atoms with Gasteiger partial charge in [0.2, 0.25) is 0 Å². The largest absolute Gasteiger partial charge is 0.446 e. The molecule has 1 amide bonds. The summed E-state index contributed by atoms with van der Waals surface area (Å²) in [5.41, 5.74) is 3.89. The van der Waals surface area contributed by atoms with E-state index in [0.29, 0.717) is 30.2 Å². The molecular formula is C24H26ClN3O2. The predicted octanol–water partition coefficient (Wildman–Crippen LogP) is 5.88. The third-order valence-corrected chi connectivity index (χ3v) is 6.09. The Morgan fingerprint density at radius 3 is 2.80 bits per heavy atom. The molecule has 2 aromatic rings. The molecule has 1 heterocycles. The van der Waals surface area contributed by atoms with Crippen LogP contribution in [0.25, 0.3) is 4.85 Å². The summed E-state index contributed by atoms with van der Waals surface area (Å²) in [4.78, 5) is 18.3. The van der Waals surface area contributed by atoms with Crippen LogP contribution in [-0.2, 0) is 17.7 Å². The van der Waals surface area contributed by atoms with Gasteiger partial charge in [0.1, 0.15) is 6.10 Å². The summed E-state index contributed by atoms with van der Waals surface area (Å²) >= 11 is 6.17. The maximum atomic E-state index is 12.5. The molecular weight excluding hydrogens is 398 g/mol. The van der Waals surface area contributed by atoms with Gasteiger partial charge in [0, 0.05) is 23.8 Å². The van der Waals surface area contributed by atoms with Crippen molar-refractivity contribution in [1.82, 2.24) is 5.32 Å². The zero-order chi connectivity index (χ0) is 20.9. The maximum Gasteiger partial charge on any atom is 0.407 e. The van der Waals surface area contributed by atoms with E-state index in [0.717, 1.165) is 42.5 Å². The fourth-order valence-corrected chi connectivity index (χ4v) is 4.66. The first-order chi connectivity index (χ1) is 14.6. The van der Waals surface area contributed by atoms with Crippen molar-refractivity contribution in [3.05, 3.63) is 70.0 Å².